The Balaban J connectivity index is 2.04. The molecule has 0 aliphatic heterocycles. The van der Waals surface area contributed by atoms with Crippen molar-refractivity contribution < 1.29 is 22.7 Å². The molecule has 0 atom stereocenters. The van der Waals surface area contributed by atoms with Gasteiger partial charge >= 0.3 is 0 Å². The van der Waals surface area contributed by atoms with Gasteiger partial charge in [-0.05, 0) is 30.3 Å². The molecule has 0 bridgehead atoms. The van der Waals surface area contributed by atoms with Gasteiger partial charge in [-0.15, -0.1) is 0 Å². The second-order valence-electron chi connectivity index (χ2n) is 5.11. The van der Waals surface area contributed by atoms with Crippen molar-refractivity contribution in [2.24, 2.45) is 0 Å². The molecule has 0 saturated heterocycles. The van der Waals surface area contributed by atoms with Crippen LogP contribution in [-0.2, 0) is 14.6 Å². The van der Waals surface area contributed by atoms with Gasteiger partial charge in [0.15, 0.2) is 9.84 Å². The molecule has 134 valence electrons. The standard InChI is InChI=1S/C17H18ClNO5S/c1-23-15-8-7-12(11-13(15)18)25(21,22)10-9-17(20)19-14-5-3-4-6-16(14)24-2/h3-8,11H,9-10H2,1-2H3,(H,19,20). The van der Waals surface area contributed by atoms with Crippen molar-refractivity contribution in [1.82, 2.24) is 0 Å². The van der Waals surface area contributed by atoms with E-state index in [9.17, 15) is 13.2 Å². The van der Waals surface area contributed by atoms with E-state index in [-0.39, 0.29) is 22.1 Å². The lowest BCUT2D eigenvalue weighted by molar-refractivity contribution is -0.115. The van der Waals surface area contributed by atoms with Crippen LogP contribution in [0.3, 0.4) is 0 Å². The summed E-state index contributed by atoms with van der Waals surface area (Å²) in [6.07, 6.45) is -0.190. The largest absolute Gasteiger partial charge is 0.495 e. The first-order valence-electron chi connectivity index (χ1n) is 7.36. The number of anilines is 1. The summed E-state index contributed by atoms with van der Waals surface area (Å²) in [5.41, 5.74) is 0.486. The number of rotatable bonds is 7. The average molecular weight is 384 g/mol. The highest BCUT2D eigenvalue weighted by molar-refractivity contribution is 7.91. The molecule has 2 aromatic carbocycles. The Morgan fingerprint density at radius 3 is 2.40 bits per heavy atom. The van der Waals surface area contributed by atoms with E-state index in [2.05, 4.69) is 5.32 Å². The molecule has 25 heavy (non-hydrogen) atoms. The molecule has 6 nitrogen and oxygen atoms in total. The van der Waals surface area contributed by atoms with Crippen LogP contribution in [0.25, 0.3) is 0 Å². The smallest absolute Gasteiger partial charge is 0.225 e. The van der Waals surface area contributed by atoms with Crippen molar-refractivity contribution in [2.45, 2.75) is 11.3 Å². The fourth-order valence-corrected chi connectivity index (χ4v) is 3.73. The molecule has 0 unspecified atom stereocenters. The first kappa shape index (κ1) is 19.1. The minimum atomic E-state index is -3.64. The Labute approximate surface area is 151 Å². The third-order valence-electron chi connectivity index (χ3n) is 3.46. The van der Waals surface area contributed by atoms with Gasteiger partial charge in [0, 0.05) is 6.42 Å². The molecule has 0 aromatic heterocycles. The SMILES string of the molecule is COc1ccc(S(=O)(=O)CCC(=O)Nc2ccccc2OC)cc1Cl. The number of para-hydroxylation sites is 2. The van der Waals surface area contributed by atoms with Crippen LogP contribution in [0.4, 0.5) is 5.69 Å². The number of hydrogen-bond acceptors (Lipinski definition) is 5. The summed E-state index contributed by atoms with van der Waals surface area (Å²) in [6.45, 7) is 0. The number of hydrogen-bond donors (Lipinski definition) is 1. The second-order valence-corrected chi connectivity index (χ2v) is 7.63. The molecule has 0 aliphatic carbocycles. The van der Waals surface area contributed by atoms with Gasteiger partial charge in [-0.2, -0.15) is 0 Å². The van der Waals surface area contributed by atoms with E-state index in [0.29, 0.717) is 17.2 Å². The highest BCUT2D eigenvalue weighted by Gasteiger charge is 2.18. The summed E-state index contributed by atoms with van der Waals surface area (Å²) in [5.74, 6) is 0.124. The molecule has 2 rings (SSSR count). The Bertz CT molecular complexity index is 867. The average Bonchev–Trinajstić information content (AvgIpc) is 2.60. The Morgan fingerprint density at radius 1 is 1.08 bits per heavy atom. The van der Waals surface area contributed by atoms with Crippen molar-refractivity contribution in [3.63, 3.8) is 0 Å². The summed E-state index contributed by atoms with van der Waals surface area (Å²) < 4.78 is 34.9. The van der Waals surface area contributed by atoms with Gasteiger partial charge in [0.1, 0.15) is 11.5 Å². The second kappa shape index (κ2) is 8.22. The number of halogens is 1. The van der Waals surface area contributed by atoms with Crippen LogP contribution in [0, 0.1) is 0 Å². The summed E-state index contributed by atoms with van der Waals surface area (Å²) in [4.78, 5) is 12.1. The first-order valence-corrected chi connectivity index (χ1v) is 9.39. The van der Waals surface area contributed by atoms with E-state index in [1.54, 1.807) is 24.3 Å². The van der Waals surface area contributed by atoms with E-state index >= 15 is 0 Å². The number of carbonyl (C=O) groups excluding carboxylic acids is 1. The lowest BCUT2D eigenvalue weighted by Crippen LogP contribution is -2.17. The van der Waals surface area contributed by atoms with Gasteiger partial charge in [0.25, 0.3) is 0 Å². The Hall–Kier alpha value is -2.25. The van der Waals surface area contributed by atoms with Gasteiger partial charge in [-0.25, -0.2) is 8.42 Å². The predicted octanol–water partition coefficient (Wildman–Crippen LogP) is 3.16. The van der Waals surface area contributed by atoms with Gasteiger partial charge in [0.2, 0.25) is 5.91 Å². The molecule has 0 fully saturated rings. The minimum Gasteiger partial charge on any atom is -0.495 e. The lowest BCUT2D eigenvalue weighted by atomic mass is 10.3. The zero-order valence-electron chi connectivity index (χ0n) is 13.8. The maximum absolute atomic E-state index is 12.4. The fraction of sp³-hybridized carbons (Fsp3) is 0.235. The third-order valence-corrected chi connectivity index (χ3v) is 5.47. The zero-order chi connectivity index (χ0) is 18.4. The molecule has 1 N–H and O–H groups in total. The molecule has 2 aromatic rings. The minimum absolute atomic E-state index is 0.0448. The van der Waals surface area contributed by atoms with Crippen LogP contribution >= 0.6 is 11.6 Å². The molecule has 0 radical (unpaired) electrons. The van der Waals surface area contributed by atoms with Crippen LogP contribution in [0.5, 0.6) is 11.5 Å². The molecule has 1 amide bonds. The monoisotopic (exact) mass is 383 g/mol. The van der Waals surface area contributed by atoms with Crippen LogP contribution < -0.4 is 14.8 Å². The van der Waals surface area contributed by atoms with E-state index in [1.807, 2.05) is 0 Å². The highest BCUT2D eigenvalue weighted by Crippen LogP contribution is 2.28. The third kappa shape index (κ3) is 4.87. The van der Waals surface area contributed by atoms with Gasteiger partial charge in [-0.3, -0.25) is 4.79 Å². The van der Waals surface area contributed by atoms with Crippen LogP contribution in [0.2, 0.25) is 5.02 Å². The lowest BCUT2D eigenvalue weighted by Gasteiger charge is -2.10. The van der Waals surface area contributed by atoms with E-state index in [4.69, 9.17) is 21.1 Å². The van der Waals surface area contributed by atoms with Crippen molar-refractivity contribution in [1.29, 1.82) is 0 Å². The van der Waals surface area contributed by atoms with Crippen molar-refractivity contribution >= 4 is 33.0 Å². The van der Waals surface area contributed by atoms with Gasteiger partial charge in [0.05, 0.1) is 35.6 Å². The highest BCUT2D eigenvalue weighted by atomic mass is 35.5. The van der Waals surface area contributed by atoms with Crippen LogP contribution in [0.1, 0.15) is 6.42 Å². The van der Waals surface area contributed by atoms with E-state index in [1.165, 1.54) is 32.4 Å². The molecular weight excluding hydrogens is 366 g/mol. The first-order chi connectivity index (χ1) is 11.9. The zero-order valence-corrected chi connectivity index (χ0v) is 15.4. The molecule has 0 saturated carbocycles. The Kier molecular flexibility index (Phi) is 6.27. The number of methoxy groups -OCH3 is 2. The van der Waals surface area contributed by atoms with Gasteiger partial charge < -0.3 is 14.8 Å². The van der Waals surface area contributed by atoms with E-state index < -0.39 is 15.7 Å². The summed E-state index contributed by atoms with van der Waals surface area (Å²) in [5, 5.41) is 2.84. The van der Waals surface area contributed by atoms with Crippen molar-refractivity contribution in [3.05, 3.63) is 47.5 Å². The van der Waals surface area contributed by atoms with Crippen molar-refractivity contribution in [2.75, 3.05) is 25.3 Å². The number of sulfone groups is 1. The predicted molar refractivity (Wildman–Crippen MR) is 96.3 cm³/mol. The molecule has 0 spiro atoms. The number of nitrogens with one attached hydrogen (secondary N) is 1. The van der Waals surface area contributed by atoms with Crippen LogP contribution in [0.15, 0.2) is 47.4 Å². The topological polar surface area (TPSA) is 81.7 Å². The Morgan fingerprint density at radius 2 is 1.76 bits per heavy atom. The number of carbonyl (C=O) groups is 1. The number of ether oxygens (including phenoxy) is 2. The number of amides is 1. The maximum atomic E-state index is 12.4. The van der Waals surface area contributed by atoms with Crippen LogP contribution in [-0.4, -0.2) is 34.3 Å². The maximum Gasteiger partial charge on any atom is 0.225 e. The molecule has 8 heteroatoms. The van der Waals surface area contributed by atoms with E-state index in [0.717, 1.165) is 0 Å². The van der Waals surface area contributed by atoms with Crippen molar-refractivity contribution in [3.8, 4) is 11.5 Å². The number of benzene rings is 2. The summed E-state index contributed by atoms with van der Waals surface area (Å²) >= 11 is 5.96. The molecule has 0 heterocycles. The summed E-state index contributed by atoms with van der Waals surface area (Å²) in [6, 6.07) is 11.1. The summed E-state index contributed by atoms with van der Waals surface area (Å²) in [7, 11) is -0.712. The fourth-order valence-electron chi connectivity index (χ4n) is 2.15. The van der Waals surface area contributed by atoms with Gasteiger partial charge in [-0.1, -0.05) is 23.7 Å². The molecular formula is C17H18ClNO5S. The molecule has 0 aliphatic rings. The quantitative estimate of drug-likeness (QED) is 0.794. The normalized spacial score (nSPS) is 11.0.